The number of methoxy groups -OCH3 is 1. The normalized spacial score (nSPS) is 12.1. The van der Waals surface area contributed by atoms with E-state index in [0.29, 0.717) is 5.02 Å². The minimum Gasteiger partial charge on any atom is -0.495 e. The fourth-order valence-electron chi connectivity index (χ4n) is 1.68. The smallest absolute Gasteiger partial charge is 0.143 e. The summed E-state index contributed by atoms with van der Waals surface area (Å²) < 4.78 is 5.28. The van der Waals surface area contributed by atoms with Gasteiger partial charge in [-0.25, -0.2) is 0 Å². The predicted molar refractivity (Wildman–Crippen MR) is 67.1 cm³/mol. The fourth-order valence-corrected chi connectivity index (χ4v) is 1.89. The first-order valence-corrected chi connectivity index (χ1v) is 5.46. The summed E-state index contributed by atoms with van der Waals surface area (Å²) in [6.45, 7) is 3.89. The number of H-pyrrole nitrogens is 1. The molecule has 0 amide bonds. The molecule has 0 aliphatic carbocycles. The number of aromatic amines is 1. The van der Waals surface area contributed by atoms with E-state index in [2.05, 4.69) is 4.98 Å². The lowest BCUT2D eigenvalue weighted by Crippen LogP contribution is -2.28. The number of halogens is 1. The van der Waals surface area contributed by atoms with E-state index in [9.17, 15) is 0 Å². The predicted octanol–water partition coefficient (Wildman–Crippen LogP) is 3.02. The van der Waals surface area contributed by atoms with E-state index in [0.717, 1.165) is 22.3 Å². The Balaban J connectivity index is 2.73. The van der Waals surface area contributed by atoms with Crippen molar-refractivity contribution in [2.24, 2.45) is 5.73 Å². The standard InChI is InChI=1S/C12H15ClN2O/c1-12(2,14)10-6-7-8(13)4-5-9(16-3)11(7)15-10/h4-6,15H,14H2,1-3H3. The Morgan fingerprint density at radius 2 is 2.06 bits per heavy atom. The molecule has 4 heteroatoms. The third-order valence-corrected chi connectivity index (χ3v) is 2.95. The van der Waals surface area contributed by atoms with Crippen molar-refractivity contribution in [2.75, 3.05) is 7.11 Å². The molecule has 2 aromatic rings. The van der Waals surface area contributed by atoms with Crippen LogP contribution in [0.5, 0.6) is 5.75 Å². The van der Waals surface area contributed by atoms with Crippen LogP contribution in [-0.2, 0) is 5.54 Å². The summed E-state index contributed by atoms with van der Waals surface area (Å²) in [7, 11) is 1.64. The molecule has 0 aliphatic rings. The Labute approximate surface area is 99.5 Å². The number of rotatable bonds is 2. The van der Waals surface area contributed by atoms with Crippen LogP contribution < -0.4 is 10.5 Å². The molecule has 0 aliphatic heterocycles. The lowest BCUT2D eigenvalue weighted by molar-refractivity contribution is 0.418. The SMILES string of the molecule is COc1ccc(Cl)c2cc(C(C)(C)N)[nH]c12. The molecule has 1 aromatic carbocycles. The minimum atomic E-state index is -0.423. The van der Waals surface area contributed by atoms with Gasteiger partial charge >= 0.3 is 0 Å². The number of fused-ring (bicyclic) bond motifs is 1. The molecule has 1 heterocycles. The molecule has 86 valence electrons. The molecule has 0 spiro atoms. The summed E-state index contributed by atoms with van der Waals surface area (Å²) in [6.07, 6.45) is 0. The van der Waals surface area contributed by atoms with Crippen LogP contribution in [0.1, 0.15) is 19.5 Å². The summed E-state index contributed by atoms with van der Waals surface area (Å²) in [5.74, 6) is 0.773. The molecule has 0 radical (unpaired) electrons. The van der Waals surface area contributed by atoms with Gasteiger partial charge in [0.2, 0.25) is 0 Å². The molecule has 0 bridgehead atoms. The van der Waals surface area contributed by atoms with E-state index in [1.54, 1.807) is 7.11 Å². The molecule has 2 rings (SSSR count). The van der Waals surface area contributed by atoms with E-state index in [1.807, 2.05) is 32.0 Å². The van der Waals surface area contributed by atoms with Gasteiger partial charge in [-0.05, 0) is 32.0 Å². The van der Waals surface area contributed by atoms with Gasteiger partial charge in [-0.15, -0.1) is 0 Å². The van der Waals surface area contributed by atoms with Crippen LogP contribution in [0.4, 0.5) is 0 Å². The third kappa shape index (κ3) is 1.77. The van der Waals surface area contributed by atoms with Crippen LogP contribution in [0, 0.1) is 0 Å². The maximum absolute atomic E-state index is 6.13. The average molecular weight is 239 g/mol. The van der Waals surface area contributed by atoms with Gasteiger partial charge < -0.3 is 15.5 Å². The Kier molecular flexibility index (Phi) is 2.60. The molecular formula is C12H15ClN2O. The molecule has 16 heavy (non-hydrogen) atoms. The molecule has 3 N–H and O–H groups in total. The molecule has 0 atom stereocenters. The number of aromatic nitrogens is 1. The summed E-state index contributed by atoms with van der Waals surface area (Å²) in [4.78, 5) is 3.26. The van der Waals surface area contributed by atoms with Crippen molar-refractivity contribution in [3.05, 3.63) is 28.9 Å². The largest absolute Gasteiger partial charge is 0.495 e. The average Bonchev–Trinajstić information content (AvgIpc) is 2.63. The first-order chi connectivity index (χ1) is 7.43. The van der Waals surface area contributed by atoms with Gasteiger partial charge in [0.1, 0.15) is 5.75 Å². The first kappa shape index (κ1) is 11.3. The molecule has 3 nitrogen and oxygen atoms in total. The topological polar surface area (TPSA) is 51.0 Å². The van der Waals surface area contributed by atoms with Crippen LogP contribution in [0.15, 0.2) is 18.2 Å². The molecule has 0 unspecified atom stereocenters. The van der Waals surface area contributed by atoms with Gasteiger partial charge in [0.25, 0.3) is 0 Å². The number of hydrogen-bond acceptors (Lipinski definition) is 2. The van der Waals surface area contributed by atoms with Crippen molar-refractivity contribution in [1.82, 2.24) is 4.98 Å². The number of hydrogen-bond donors (Lipinski definition) is 2. The van der Waals surface area contributed by atoms with Crippen LogP contribution >= 0.6 is 11.6 Å². The van der Waals surface area contributed by atoms with Crippen LogP contribution in [0.3, 0.4) is 0 Å². The third-order valence-electron chi connectivity index (χ3n) is 2.62. The minimum absolute atomic E-state index is 0.423. The van der Waals surface area contributed by atoms with Crippen LogP contribution in [0.2, 0.25) is 5.02 Å². The maximum atomic E-state index is 6.13. The van der Waals surface area contributed by atoms with Gasteiger partial charge in [0.15, 0.2) is 0 Å². The number of nitrogens with two attached hydrogens (primary N) is 1. The number of nitrogens with one attached hydrogen (secondary N) is 1. The monoisotopic (exact) mass is 238 g/mol. The summed E-state index contributed by atoms with van der Waals surface area (Å²) in [5.41, 5.74) is 7.45. The maximum Gasteiger partial charge on any atom is 0.143 e. The second kappa shape index (κ2) is 3.68. The number of ether oxygens (including phenoxy) is 1. The lowest BCUT2D eigenvalue weighted by atomic mass is 10.0. The van der Waals surface area contributed by atoms with E-state index < -0.39 is 5.54 Å². The highest BCUT2D eigenvalue weighted by molar-refractivity contribution is 6.35. The molecule has 0 saturated heterocycles. The zero-order chi connectivity index (χ0) is 11.9. The van der Waals surface area contributed by atoms with E-state index >= 15 is 0 Å². The van der Waals surface area contributed by atoms with E-state index in [-0.39, 0.29) is 0 Å². The second-order valence-corrected chi connectivity index (χ2v) is 4.85. The zero-order valence-electron chi connectivity index (χ0n) is 9.60. The fraction of sp³-hybridized carbons (Fsp3) is 0.333. The van der Waals surface area contributed by atoms with Crippen molar-refractivity contribution in [2.45, 2.75) is 19.4 Å². The Bertz CT molecular complexity index is 526. The van der Waals surface area contributed by atoms with Crippen molar-refractivity contribution < 1.29 is 4.74 Å². The molecule has 1 aromatic heterocycles. The van der Waals surface area contributed by atoms with Gasteiger partial charge in [-0.3, -0.25) is 0 Å². The van der Waals surface area contributed by atoms with Crippen molar-refractivity contribution >= 4 is 22.5 Å². The van der Waals surface area contributed by atoms with Crippen LogP contribution in [-0.4, -0.2) is 12.1 Å². The zero-order valence-corrected chi connectivity index (χ0v) is 10.4. The Morgan fingerprint density at radius 3 is 2.62 bits per heavy atom. The first-order valence-electron chi connectivity index (χ1n) is 5.08. The second-order valence-electron chi connectivity index (χ2n) is 4.44. The van der Waals surface area contributed by atoms with E-state index in [4.69, 9.17) is 22.1 Å². The van der Waals surface area contributed by atoms with Crippen molar-refractivity contribution in [1.29, 1.82) is 0 Å². The highest BCUT2D eigenvalue weighted by atomic mass is 35.5. The Hall–Kier alpha value is -1.19. The van der Waals surface area contributed by atoms with Gasteiger partial charge in [0, 0.05) is 11.1 Å². The summed E-state index contributed by atoms with van der Waals surface area (Å²) >= 11 is 6.13. The summed E-state index contributed by atoms with van der Waals surface area (Å²) in [5, 5.41) is 1.64. The molecule has 0 saturated carbocycles. The molecule has 0 fully saturated rings. The van der Waals surface area contributed by atoms with Crippen LogP contribution in [0.25, 0.3) is 10.9 Å². The molecular weight excluding hydrogens is 224 g/mol. The quantitative estimate of drug-likeness (QED) is 0.845. The van der Waals surface area contributed by atoms with Gasteiger partial charge in [0.05, 0.1) is 23.2 Å². The Morgan fingerprint density at radius 1 is 1.38 bits per heavy atom. The van der Waals surface area contributed by atoms with Crippen molar-refractivity contribution in [3.8, 4) is 5.75 Å². The van der Waals surface area contributed by atoms with E-state index in [1.165, 1.54) is 0 Å². The number of benzene rings is 1. The highest BCUT2D eigenvalue weighted by Gasteiger charge is 2.19. The summed E-state index contributed by atoms with van der Waals surface area (Å²) in [6, 6.07) is 5.64. The van der Waals surface area contributed by atoms with Gasteiger partial charge in [-0.2, -0.15) is 0 Å². The van der Waals surface area contributed by atoms with Gasteiger partial charge in [-0.1, -0.05) is 11.6 Å². The highest BCUT2D eigenvalue weighted by Crippen LogP contribution is 2.33. The van der Waals surface area contributed by atoms with Crippen molar-refractivity contribution in [3.63, 3.8) is 0 Å². The lowest BCUT2D eigenvalue weighted by Gasteiger charge is -2.15.